The Bertz CT molecular complexity index is 288. The molecular weight excluding hydrogens is 192 g/mol. The molecule has 14 heavy (non-hydrogen) atoms. The number of amides is 1. The van der Waals surface area contributed by atoms with E-state index in [9.17, 15) is 9.90 Å². The summed E-state index contributed by atoms with van der Waals surface area (Å²) >= 11 is 0. The predicted octanol–water partition coefficient (Wildman–Crippen LogP) is -1.90. The van der Waals surface area contributed by atoms with Crippen LogP contribution in [0.15, 0.2) is 17.1 Å². The van der Waals surface area contributed by atoms with Crippen LogP contribution in [0.25, 0.3) is 0 Å². The molecule has 0 bridgehead atoms. The average Bonchev–Trinajstić information content (AvgIpc) is 2.16. The van der Waals surface area contributed by atoms with Crippen LogP contribution in [0.1, 0.15) is 0 Å². The van der Waals surface area contributed by atoms with E-state index >= 15 is 0 Å². The second-order valence-corrected chi connectivity index (χ2v) is 2.18. The first kappa shape index (κ1) is 9.96. The molecule has 0 saturated heterocycles. The Balaban J connectivity index is 2.70. The van der Waals surface area contributed by atoms with Crippen molar-refractivity contribution in [2.45, 2.75) is 0 Å². The highest BCUT2D eigenvalue weighted by Crippen LogP contribution is 2.01. The van der Waals surface area contributed by atoms with E-state index < -0.39 is 6.09 Å². The van der Waals surface area contributed by atoms with E-state index in [0.717, 1.165) is 5.23 Å². The lowest BCUT2D eigenvalue weighted by Crippen LogP contribution is -2.53. The number of carbonyl (C=O) groups is 1. The van der Waals surface area contributed by atoms with Crippen LogP contribution < -0.4 is 16.0 Å². The number of rotatable bonds is 2. The second kappa shape index (κ2) is 4.21. The Kier molecular flexibility index (Phi) is 3.00. The van der Waals surface area contributed by atoms with Crippen molar-refractivity contribution in [2.24, 2.45) is 5.10 Å². The molecule has 0 radical (unpaired) electrons. The Morgan fingerprint density at radius 2 is 2.36 bits per heavy atom. The molecule has 1 amide bonds. The molecule has 1 heterocycles. The first-order valence-electron chi connectivity index (χ1n) is 3.58. The van der Waals surface area contributed by atoms with Crippen LogP contribution in [-0.2, 0) is 9.47 Å². The van der Waals surface area contributed by atoms with Gasteiger partial charge < -0.3 is 19.4 Å². The van der Waals surface area contributed by atoms with Gasteiger partial charge in [0.25, 0.3) is 0 Å². The van der Waals surface area contributed by atoms with Gasteiger partial charge in [-0.05, 0) is 0 Å². The Morgan fingerprint density at radius 3 is 2.86 bits per heavy atom. The van der Waals surface area contributed by atoms with Crippen molar-refractivity contribution in [3.63, 3.8) is 0 Å². The number of carboxylic acid groups (broad SMARTS) is 1. The minimum Gasteiger partial charge on any atom is -0.529 e. The lowest BCUT2D eigenvalue weighted by molar-refractivity contribution is -0.258. The number of methoxy groups -OCH3 is 2. The van der Waals surface area contributed by atoms with E-state index in [0.29, 0.717) is 0 Å². The Hall–Kier alpha value is -2.12. The third-order valence-electron chi connectivity index (χ3n) is 1.30. The summed E-state index contributed by atoms with van der Waals surface area (Å²) in [6.45, 7) is 0. The molecule has 0 aromatic carbocycles. The molecule has 1 rings (SSSR count). The molecule has 0 aromatic rings. The van der Waals surface area contributed by atoms with Gasteiger partial charge in [-0.25, -0.2) is 10.9 Å². The quantitative estimate of drug-likeness (QED) is 0.541. The molecule has 2 N–H and O–H groups in total. The zero-order valence-electron chi connectivity index (χ0n) is 7.60. The number of nitrogens with one attached hydrogen (secondary N) is 2. The highest BCUT2D eigenvalue weighted by molar-refractivity contribution is 5.88. The third-order valence-corrected chi connectivity index (χ3v) is 1.30. The molecule has 0 unspecified atom stereocenters. The summed E-state index contributed by atoms with van der Waals surface area (Å²) in [5, 5.41) is 14.6. The van der Waals surface area contributed by atoms with Gasteiger partial charge in [-0.2, -0.15) is 0 Å². The smallest absolute Gasteiger partial charge is 0.240 e. The maximum Gasteiger partial charge on any atom is 0.240 e. The van der Waals surface area contributed by atoms with E-state index in [-0.39, 0.29) is 11.8 Å². The van der Waals surface area contributed by atoms with Crippen molar-refractivity contribution >= 4 is 12.0 Å². The van der Waals surface area contributed by atoms with Gasteiger partial charge in [0.15, 0.2) is 6.09 Å². The zero-order valence-corrected chi connectivity index (χ0v) is 7.60. The maximum atomic E-state index is 10.2. The van der Waals surface area contributed by atoms with E-state index in [1.807, 2.05) is 5.43 Å². The fraction of sp³-hybridized carbons (Fsp3) is 0.333. The largest absolute Gasteiger partial charge is 0.529 e. The van der Waals surface area contributed by atoms with Gasteiger partial charge in [-0.3, -0.25) is 0 Å². The summed E-state index contributed by atoms with van der Waals surface area (Å²) in [6.07, 6.45) is -0.0537. The number of nitrogens with zero attached hydrogens (tertiary/aromatic N) is 2. The molecule has 8 nitrogen and oxygen atoms in total. The van der Waals surface area contributed by atoms with Gasteiger partial charge in [0.2, 0.25) is 11.8 Å². The van der Waals surface area contributed by atoms with Crippen LogP contribution in [-0.4, -0.2) is 31.4 Å². The monoisotopic (exact) mass is 201 g/mol. The van der Waals surface area contributed by atoms with E-state index in [2.05, 4.69) is 10.5 Å². The highest BCUT2D eigenvalue weighted by atomic mass is 16.5. The van der Waals surface area contributed by atoms with Crippen LogP contribution in [0.5, 0.6) is 0 Å². The number of ether oxygens (including phenoxy) is 2. The van der Waals surface area contributed by atoms with E-state index in [4.69, 9.17) is 9.47 Å². The molecule has 0 atom stereocenters. The molecule has 0 fully saturated rings. The summed E-state index contributed by atoms with van der Waals surface area (Å²) in [7, 11) is 2.81. The summed E-state index contributed by atoms with van der Waals surface area (Å²) in [4.78, 5) is 10.2. The zero-order chi connectivity index (χ0) is 10.6. The lowest BCUT2D eigenvalue weighted by atomic mass is 10.5. The first-order chi connectivity index (χ1) is 6.65. The van der Waals surface area contributed by atoms with Gasteiger partial charge in [0.05, 0.1) is 20.3 Å². The SMILES string of the molecule is COC1=CC(OC)=NN(NC(=O)[O-])N1. The highest BCUT2D eigenvalue weighted by Gasteiger charge is 2.12. The summed E-state index contributed by atoms with van der Waals surface area (Å²) in [6, 6.07) is 0. The lowest BCUT2D eigenvalue weighted by Gasteiger charge is -2.26. The standard InChI is InChI=1S/C6H10N4O4/c1-13-4-3-5(14-2)8-10(7-4)9-6(11)12/h3,7,9H,1-2H3,(H,11,12)/p-1. The number of hydrazine groups is 2. The first-order valence-corrected chi connectivity index (χ1v) is 3.58. The van der Waals surface area contributed by atoms with Crippen molar-refractivity contribution < 1.29 is 19.4 Å². The molecule has 1 aliphatic rings. The molecule has 0 aromatic heterocycles. The Morgan fingerprint density at radius 1 is 1.64 bits per heavy atom. The fourth-order valence-electron chi connectivity index (χ4n) is 0.745. The van der Waals surface area contributed by atoms with Crippen LogP contribution in [0.3, 0.4) is 0 Å². The fourth-order valence-corrected chi connectivity index (χ4v) is 0.745. The maximum absolute atomic E-state index is 10.2. The van der Waals surface area contributed by atoms with Crippen molar-refractivity contribution in [1.82, 2.24) is 16.1 Å². The van der Waals surface area contributed by atoms with E-state index in [1.165, 1.54) is 20.3 Å². The topological polar surface area (TPSA) is 98.2 Å². The van der Waals surface area contributed by atoms with Crippen LogP contribution in [0, 0.1) is 0 Å². The van der Waals surface area contributed by atoms with Gasteiger partial charge >= 0.3 is 0 Å². The van der Waals surface area contributed by atoms with Gasteiger partial charge in [-0.15, -0.1) is 5.23 Å². The third kappa shape index (κ3) is 2.44. The minimum atomic E-state index is -1.51. The predicted molar refractivity (Wildman–Crippen MR) is 43.0 cm³/mol. The van der Waals surface area contributed by atoms with E-state index in [1.54, 1.807) is 0 Å². The number of hydrogen-bond donors (Lipinski definition) is 2. The van der Waals surface area contributed by atoms with Crippen molar-refractivity contribution in [3.05, 3.63) is 12.0 Å². The summed E-state index contributed by atoms with van der Waals surface area (Å²) < 4.78 is 9.62. The minimum absolute atomic E-state index is 0.189. The van der Waals surface area contributed by atoms with Gasteiger partial charge in [0, 0.05) is 0 Å². The van der Waals surface area contributed by atoms with Crippen molar-refractivity contribution in [1.29, 1.82) is 0 Å². The van der Waals surface area contributed by atoms with Crippen molar-refractivity contribution in [3.8, 4) is 0 Å². The summed E-state index contributed by atoms with van der Waals surface area (Å²) in [5.74, 6) is 0.472. The van der Waals surface area contributed by atoms with Crippen LogP contribution in [0.4, 0.5) is 4.79 Å². The average molecular weight is 201 g/mol. The number of hydrazone groups is 1. The Labute approximate surface area is 79.7 Å². The second-order valence-electron chi connectivity index (χ2n) is 2.18. The van der Waals surface area contributed by atoms with Gasteiger partial charge in [0.1, 0.15) is 0 Å². The molecule has 78 valence electrons. The number of carbonyl (C=O) groups excluding carboxylic acids is 1. The summed E-state index contributed by atoms with van der Waals surface area (Å²) in [5.41, 5.74) is 4.32. The molecule has 8 heteroatoms. The van der Waals surface area contributed by atoms with Crippen molar-refractivity contribution in [2.75, 3.05) is 14.2 Å². The van der Waals surface area contributed by atoms with Gasteiger partial charge in [-0.1, -0.05) is 5.10 Å². The molecule has 0 saturated carbocycles. The molecule has 0 spiro atoms. The molecule has 0 aliphatic carbocycles. The van der Waals surface area contributed by atoms with Crippen LogP contribution in [0.2, 0.25) is 0 Å². The normalized spacial score (nSPS) is 14.9. The number of hydrogen-bond acceptors (Lipinski definition) is 7. The molecular formula is C6H9N4O4-. The van der Waals surface area contributed by atoms with Crippen LogP contribution >= 0.6 is 0 Å². The molecule has 1 aliphatic heterocycles.